The predicted molar refractivity (Wildman–Crippen MR) is 76.4 cm³/mol. The fraction of sp³-hybridized carbons (Fsp3) is 0.467. The maximum Gasteiger partial charge on any atom is 0.307 e. The van der Waals surface area contributed by atoms with Gasteiger partial charge in [0.1, 0.15) is 0 Å². The number of carboxylic acids is 1. The number of carboxylic acid groups (broad SMARTS) is 1. The lowest BCUT2D eigenvalue weighted by Crippen LogP contribution is -2.30. The minimum Gasteiger partial charge on any atom is -0.481 e. The van der Waals surface area contributed by atoms with E-state index < -0.39 is 17.8 Å². The quantitative estimate of drug-likeness (QED) is 0.804. The molecular formula is C15H21NO4. The topological polar surface area (TPSA) is 75.6 Å². The zero-order valence-electron chi connectivity index (χ0n) is 12.1. The van der Waals surface area contributed by atoms with Crippen LogP contribution in [-0.2, 0) is 20.9 Å². The van der Waals surface area contributed by atoms with Crippen LogP contribution >= 0.6 is 0 Å². The average Bonchev–Trinajstić information content (AvgIpc) is 2.44. The number of hydrogen-bond acceptors (Lipinski definition) is 3. The number of amides is 1. The molecule has 0 aliphatic heterocycles. The van der Waals surface area contributed by atoms with Crippen molar-refractivity contribution < 1.29 is 19.4 Å². The first kappa shape index (κ1) is 16.2. The highest BCUT2D eigenvalue weighted by molar-refractivity contribution is 5.95. The molecule has 2 atom stereocenters. The Morgan fingerprint density at radius 1 is 1.25 bits per heavy atom. The van der Waals surface area contributed by atoms with Crippen LogP contribution in [0.2, 0.25) is 0 Å². The lowest BCUT2D eigenvalue weighted by molar-refractivity contribution is -0.145. The maximum atomic E-state index is 12.1. The van der Waals surface area contributed by atoms with Gasteiger partial charge in [-0.3, -0.25) is 9.59 Å². The molecule has 5 nitrogen and oxygen atoms in total. The van der Waals surface area contributed by atoms with Gasteiger partial charge >= 0.3 is 5.97 Å². The number of rotatable bonds is 7. The van der Waals surface area contributed by atoms with E-state index in [4.69, 9.17) is 9.84 Å². The van der Waals surface area contributed by atoms with E-state index in [0.29, 0.717) is 18.9 Å². The first-order chi connectivity index (χ1) is 9.47. The van der Waals surface area contributed by atoms with Gasteiger partial charge in [0.05, 0.1) is 12.5 Å². The van der Waals surface area contributed by atoms with Gasteiger partial charge in [-0.25, -0.2) is 0 Å². The summed E-state index contributed by atoms with van der Waals surface area (Å²) in [5.74, 6) is -2.61. The minimum atomic E-state index is -0.977. The van der Waals surface area contributed by atoms with Crippen molar-refractivity contribution in [2.45, 2.75) is 27.4 Å². The zero-order chi connectivity index (χ0) is 15.1. The van der Waals surface area contributed by atoms with Gasteiger partial charge in [-0.2, -0.15) is 0 Å². The zero-order valence-corrected chi connectivity index (χ0v) is 12.1. The van der Waals surface area contributed by atoms with Gasteiger partial charge in [0.15, 0.2) is 0 Å². The number of nitrogens with one attached hydrogen (secondary N) is 1. The van der Waals surface area contributed by atoms with Gasteiger partial charge < -0.3 is 15.2 Å². The van der Waals surface area contributed by atoms with E-state index in [0.717, 1.165) is 5.56 Å². The van der Waals surface area contributed by atoms with Crippen molar-refractivity contribution in [2.75, 3.05) is 11.9 Å². The molecular weight excluding hydrogens is 258 g/mol. The molecule has 1 aromatic carbocycles. The second-order valence-electron chi connectivity index (χ2n) is 4.70. The SMILES string of the molecule is CCOCc1ccccc1NC(=O)C(C)C(C)C(=O)O. The van der Waals surface area contributed by atoms with Gasteiger partial charge in [0, 0.05) is 23.8 Å². The number of carbonyl (C=O) groups is 2. The van der Waals surface area contributed by atoms with E-state index in [1.807, 2.05) is 25.1 Å². The molecule has 0 heterocycles. The van der Waals surface area contributed by atoms with Crippen molar-refractivity contribution in [3.05, 3.63) is 29.8 Å². The smallest absolute Gasteiger partial charge is 0.307 e. The fourth-order valence-corrected chi connectivity index (χ4v) is 1.67. The van der Waals surface area contributed by atoms with E-state index >= 15 is 0 Å². The predicted octanol–water partition coefficient (Wildman–Crippen LogP) is 2.52. The van der Waals surface area contributed by atoms with E-state index in [2.05, 4.69) is 5.32 Å². The Bertz CT molecular complexity index is 473. The normalized spacial score (nSPS) is 13.6. The molecule has 110 valence electrons. The summed E-state index contributed by atoms with van der Waals surface area (Å²) in [7, 11) is 0. The third-order valence-electron chi connectivity index (χ3n) is 3.29. The number of anilines is 1. The Labute approximate surface area is 118 Å². The number of para-hydroxylation sites is 1. The van der Waals surface area contributed by atoms with Crippen LogP contribution < -0.4 is 5.32 Å². The highest BCUT2D eigenvalue weighted by atomic mass is 16.5. The second-order valence-corrected chi connectivity index (χ2v) is 4.70. The molecule has 20 heavy (non-hydrogen) atoms. The summed E-state index contributed by atoms with van der Waals surface area (Å²) >= 11 is 0. The third kappa shape index (κ3) is 4.35. The summed E-state index contributed by atoms with van der Waals surface area (Å²) in [5, 5.41) is 11.7. The van der Waals surface area contributed by atoms with Crippen LogP contribution in [-0.4, -0.2) is 23.6 Å². The highest BCUT2D eigenvalue weighted by Crippen LogP contribution is 2.19. The van der Waals surface area contributed by atoms with Gasteiger partial charge in [0.25, 0.3) is 0 Å². The van der Waals surface area contributed by atoms with Crippen molar-refractivity contribution in [3.63, 3.8) is 0 Å². The average molecular weight is 279 g/mol. The van der Waals surface area contributed by atoms with Crippen LogP contribution in [0.3, 0.4) is 0 Å². The number of carbonyl (C=O) groups excluding carboxylic acids is 1. The maximum absolute atomic E-state index is 12.1. The number of aliphatic carboxylic acids is 1. The summed E-state index contributed by atoms with van der Waals surface area (Å²) in [5.41, 5.74) is 1.54. The molecule has 1 rings (SSSR count). The van der Waals surface area contributed by atoms with E-state index in [-0.39, 0.29) is 5.91 Å². The summed E-state index contributed by atoms with van der Waals surface area (Å²) in [6.45, 7) is 6.04. The summed E-state index contributed by atoms with van der Waals surface area (Å²) in [4.78, 5) is 23.0. The standard InChI is InChI=1S/C15H21NO4/c1-4-20-9-12-7-5-6-8-13(12)16-14(17)10(2)11(3)15(18)19/h5-8,10-11H,4,9H2,1-3H3,(H,16,17)(H,18,19). The minimum absolute atomic E-state index is 0.302. The lowest BCUT2D eigenvalue weighted by atomic mass is 9.95. The Hall–Kier alpha value is -1.88. The summed E-state index contributed by atoms with van der Waals surface area (Å²) in [6.07, 6.45) is 0. The van der Waals surface area contributed by atoms with Gasteiger partial charge in [-0.1, -0.05) is 32.0 Å². The molecule has 1 amide bonds. The van der Waals surface area contributed by atoms with Crippen LogP contribution in [0.5, 0.6) is 0 Å². The Kier molecular flexibility index (Phi) is 6.18. The van der Waals surface area contributed by atoms with Crippen LogP contribution in [0.25, 0.3) is 0 Å². The molecule has 1 aromatic rings. The molecule has 5 heteroatoms. The number of ether oxygens (including phenoxy) is 1. The lowest BCUT2D eigenvalue weighted by Gasteiger charge is -2.17. The van der Waals surface area contributed by atoms with Crippen molar-refractivity contribution in [2.24, 2.45) is 11.8 Å². The first-order valence-corrected chi connectivity index (χ1v) is 6.66. The largest absolute Gasteiger partial charge is 0.481 e. The molecule has 0 fully saturated rings. The van der Waals surface area contributed by atoms with Crippen molar-refractivity contribution >= 4 is 17.6 Å². The Morgan fingerprint density at radius 2 is 1.90 bits per heavy atom. The molecule has 0 aliphatic carbocycles. The van der Waals surface area contributed by atoms with Crippen LogP contribution in [0.4, 0.5) is 5.69 Å². The van der Waals surface area contributed by atoms with E-state index in [1.54, 1.807) is 13.0 Å². The van der Waals surface area contributed by atoms with Gasteiger partial charge in [-0.15, -0.1) is 0 Å². The monoisotopic (exact) mass is 279 g/mol. The Morgan fingerprint density at radius 3 is 2.50 bits per heavy atom. The molecule has 0 radical (unpaired) electrons. The fourth-order valence-electron chi connectivity index (χ4n) is 1.67. The van der Waals surface area contributed by atoms with Crippen LogP contribution in [0.15, 0.2) is 24.3 Å². The Balaban J connectivity index is 2.77. The molecule has 0 aliphatic rings. The second kappa shape index (κ2) is 7.65. The summed E-state index contributed by atoms with van der Waals surface area (Å²) < 4.78 is 5.34. The highest BCUT2D eigenvalue weighted by Gasteiger charge is 2.26. The molecule has 0 saturated heterocycles. The molecule has 2 unspecified atom stereocenters. The number of benzene rings is 1. The molecule has 0 saturated carbocycles. The van der Waals surface area contributed by atoms with Crippen molar-refractivity contribution in [3.8, 4) is 0 Å². The van der Waals surface area contributed by atoms with E-state index in [1.165, 1.54) is 6.92 Å². The van der Waals surface area contributed by atoms with Crippen molar-refractivity contribution in [1.82, 2.24) is 0 Å². The van der Waals surface area contributed by atoms with Crippen LogP contribution in [0, 0.1) is 11.8 Å². The number of hydrogen-bond donors (Lipinski definition) is 2. The molecule has 2 N–H and O–H groups in total. The molecule has 0 bridgehead atoms. The summed E-state index contributed by atoms with van der Waals surface area (Å²) in [6, 6.07) is 7.34. The van der Waals surface area contributed by atoms with E-state index in [9.17, 15) is 9.59 Å². The molecule has 0 spiro atoms. The van der Waals surface area contributed by atoms with Gasteiger partial charge in [0.2, 0.25) is 5.91 Å². The van der Waals surface area contributed by atoms with Crippen LogP contribution in [0.1, 0.15) is 26.3 Å². The van der Waals surface area contributed by atoms with Gasteiger partial charge in [-0.05, 0) is 13.0 Å². The first-order valence-electron chi connectivity index (χ1n) is 6.66. The third-order valence-corrected chi connectivity index (χ3v) is 3.29. The van der Waals surface area contributed by atoms with Crippen molar-refractivity contribution in [1.29, 1.82) is 0 Å². The molecule has 0 aromatic heterocycles.